The summed E-state index contributed by atoms with van der Waals surface area (Å²) in [4.78, 5) is 4.38. The molecule has 0 aliphatic rings. The minimum absolute atomic E-state index is 0.0817. The number of hydrogen-bond acceptors (Lipinski definition) is 4. The Labute approximate surface area is 152 Å². The molecular formula is C19H15BrN4O. The highest BCUT2D eigenvalue weighted by molar-refractivity contribution is 9.10. The van der Waals surface area contributed by atoms with Crippen molar-refractivity contribution in [3.63, 3.8) is 0 Å². The zero-order chi connectivity index (χ0) is 17.6. The van der Waals surface area contributed by atoms with Crippen LogP contribution in [0.2, 0.25) is 0 Å². The lowest BCUT2D eigenvalue weighted by Gasteiger charge is -2.01. The van der Waals surface area contributed by atoms with Crippen LogP contribution in [0.5, 0.6) is 5.88 Å². The molecule has 0 amide bonds. The summed E-state index contributed by atoms with van der Waals surface area (Å²) in [6, 6.07) is 13.6. The van der Waals surface area contributed by atoms with Crippen LogP contribution < -0.4 is 0 Å². The van der Waals surface area contributed by atoms with Gasteiger partial charge < -0.3 is 9.67 Å². The molecule has 2 heterocycles. The minimum Gasteiger partial charge on any atom is -0.493 e. The smallest absolute Gasteiger partial charge is 0.220 e. The Kier molecular flexibility index (Phi) is 3.77. The molecule has 1 N–H and O–H groups in total. The highest BCUT2D eigenvalue weighted by Gasteiger charge is 2.17. The summed E-state index contributed by atoms with van der Waals surface area (Å²) in [7, 11) is 1.80. The number of fused-ring (bicyclic) bond motifs is 2. The van der Waals surface area contributed by atoms with Gasteiger partial charge in [-0.15, -0.1) is 10.2 Å². The number of halogens is 1. The van der Waals surface area contributed by atoms with Crippen molar-refractivity contribution in [1.82, 2.24) is 9.55 Å². The van der Waals surface area contributed by atoms with Crippen LogP contribution in [0.15, 0.2) is 63.4 Å². The lowest BCUT2D eigenvalue weighted by atomic mass is 10.1. The SMILES string of the molecule is Cc1cc(Br)c2c(c1)c(N=Nc1cccc3cccnc13)c(O)n2C. The molecular weight excluding hydrogens is 380 g/mol. The molecule has 2 aromatic heterocycles. The Bertz CT molecular complexity index is 1140. The van der Waals surface area contributed by atoms with Crippen LogP contribution in [0.4, 0.5) is 11.4 Å². The van der Waals surface area contributed by atoms with E-state index in [0.29, 0.717) is 11.4 Å². The predicted octanol–water partition coefficient (Wildman–Crippen LogP) is 5.92. The third-order valence-corrected chi connectivity index (χ3v) is 4.80. The van der Waals surface area contributed by atoms with Gasteiger partial charge in [0.15, 0.2) is 5.69 Å². The van der Waals surface area contributed by atoms with Gasteiger partial charge >= 0.3 is 0 Å². The van der Waals surface area contributed by atoms with E-state index in [1.54, 1.807) is 17.8 Å². The number of hydrogen-bond donors (Lipinski definition) is 1. The van der Waals surface area contributed by atoms with E-state index in [0.717, 1.165) is 31.8 Å². The van der Waals surface area contributed by atoms with Crippen molar-refractivity contribution in [2.24, 2.45) is 17.3 Å². The van der Waals surface area contributed by atoms with Gasteiger partial charge in [-0.05, 0) is 52.7 Å². The Morgan fingerprint density at radius 1 is 1.12 bits per heavy atom. The molecule has 0 unspecified atom stereocenters. The number of aromatic hydroxyl groups is 1. The van der Waals surface area contributed by atoms with Crippen molar-refractivity contribution in [3.8, 4) is 5.88 Å². The lowest BCUT2D eigenvalue weighted by Crippen LogP contribution is -1.87. The number of rotatable bonds is 2. The van der Waals surface area contributed by atoms with Crippen molar-refractivity contribution < 1.29 is 5.11 Å². The fourth-order valence-electron chi connectivity index (χ4n) is 3.01. The number of aryl methyl sites for hydroxylation is 2. The average Bonchev–Trinajstić information content (AvgIpc) is 2.84. The van der Waals surface area contributed by atoms with E-state index in [9.17, 15) is 5.11 Å². The maximum atomic E-state index is 10.5. The van der Waals surface area contributed by atoms with Crippen LogP contribution in [0.25, 0.3) is 21.8 Å². The summed E-state index contributed by atoms with van der Waals surface area (Å²) in [5, 5.41) is 21.1. The fourth-order valence-corrected chi connectivity index (χ4v) is 3.85. The number of nitrogens with zero attached hydrogens (tertiary/aromatic N) is 4. The monoisotopic (exact) mass is 394 g/mol. The molecule has 0 aliphatic carbocycles. The molecule has 0 fully saturated rings. The van der Waals surface area contributed by atoms with Gasteiger partial charge in [-0.1, -0.05) is 18.2 Å². The molecule has 2 aromatic carbocycles. The van der Waals surface area contributed by atoms with Crippen LogP contribution in [0, 0.1) is 6.92 Å². The van der Waals surface area contributed by atoms with Crippen LogP contribution in [-0.2, 0) is 7.05 Å². The van der Waals surface area contributed by atoms with Gasteiger partial charge in [0.1, 0.15) is 5.69 Å². The predicted molar refractivity (Wildman–Crippen MR) is 103 cm³/mol. The second kappa shape index (κ2) is 5.97. The van der Waals surface area contributed by atoms with Crippen LogP contribution in [0.3, 0.4) is 0 Å². The molecule has 25 heavy (non-hydrogen) atoms. The number of azo groups is 1. The summed E-state index contributed by atoms with van der Waals surface area (Å²) in [5.74, 6) is 0.0817. The quantitative estimate of drug-likeness (QED) is 0.429. The van der Waals surface area contributed by atoms with E-state index in [2.05, 4.69) is 31.1 Å². The normalized spacial score (nSPS) is 11.8. The first-order valence-corrected chi connectivity index (χ1v) is 8.58. The van der Waals surface area contributed by atoms with E-state index >= 15 is 0 Å². The van der Waals surface area contributed by atoms with Crippen LogP contribution >= 0.6 is 15.9 Å². The van der Waals surface area contributed by atoms with E-state index < -0.39 is 0 Å². The summed E-state index contributed by atoms with van der Waals surface area (Å²) in [6.07, 6.45) is 1.73. The Balaban J connectivity index is 1.91. The summed E-state index contributed by atoms with van der Waals surface area (Å²) in [5.41, 5.74) is 3.86. The Morgan fingerprint density at radius 3 is 2.76 bits per heavy atom. The average molecular weight is 395 g/mol. The molecule has 0 aliphatic heterocycles. The summed E-state index contributed by atoms with van der Waals surface area (Å²) < 4.78 is 2.61. The molecule has 5 nitrogen and oxygen atoms in total. The molecule has 0 radical (unpaired) electrons. The Morgan fingerprint density at radius 2 is 1.92 bits per heavy atom. The van der Waals surface area contributed by atoms with Crippen molar-refractivity contribution in [3.05, 3.63) is 58.7 Å². The summed E-state index contributed by atoms with van der Waals surface area (Å²) in [6.45, 7) is 2.00. The van der Waals surface area contributed by atoms with Crippen molar-refractivity contribution in [2.75, 3.05) is 0 Å². The van der Waals surface area contributed by atoms with Gasteiger partial charge in [0.05, 0.1) is 11.0 Å². The number of pyridine rings is 1. The molecule has 124 valence electrons. The van der Waals surface area contributed by atoms with Crippen LogP contribution in [-0.4, -0.2) is 14.7 Å². The van der Waals surface area contributed by atoms with Gasteiger partial charge in [0.25, 0.3) is 0 Å². The van der Waals surface area contributed by atoms with Gasteiger partial charge in [-0.2, -0.15) is 0 Å². The van der Waals surface area contributed by atoms with Gasteiger partial charge in [0, 0.05) is 28.5 Å². The number of aromatic nitrogens is 2. The zero-order valence-electron chi connectivity index (χ0n) is 13.7. The minimum atomic E-state index is 0.0817. The third kappa shape index (κ3) is 2.59. The maximum absolute atomic E-state index is 10.5. The highest BCUT2D eigenvalue weighted by Crippen LogP contribution is 2.42. The largest absolute Gasteiger partial charge is 0.493 e. The molecule has 4 rings (SSSR count). The van der Waals surface area contributed by atoms with E-state index in [4.69, 9.17) is 0 Å². The van der Waals surface area contributed by atoms with Gasteiger partial charge in [-0.3, -0.25) is 4.98 Å². The Hall–Kier alpha value is -2.73. The number of para-hydroxylation sites is 1. The summed E-state index contributed by atoms with van der Waals surface area (Å²) >= 11 is 3.56. The third-order valence-electron chi connectivity index (χ3n) is 4.20. The maximum Gasteiger partial charge on any atom is 0.220 e. The van der Waals surface area contributed by atoms with Gasteiger partial charge in [0.2, 0.25) is 5.88 Å². The van der Waals surface area contributed by atoms with E-state index in [1.165, 1.54) is 0 Å². The molecule has 4 aromatic rings. The van der Waals surface area contributed by atoms with Crippen LogP contribution in [0.1, 0.15) is 5.56 Å². The highest BCUT2D eigenvalue weighted by atomic mass is 79.9. The lowest BCUT2D eigenvalue weighted by molar-refractivity contribution is 0.436. The second-order valence-electron chi connectivity index (χ2n) is 5.93. The first-order valence-electron chi connectivity index (χ1n) is 7.79. The van der Waals surface area contributed by atoms with Crippen molar-refractivity contribution >= 4 is 49.1 Å². The zero-order valence-corrected chi connectivity index (χ0v) is 15.3. The molecule has 6 heteroatoms. The second-order valence-corrected chi connectivity index (χ2v) is 6.78. The molecule has 0 saturated carbocycles. The van der Waals surface area contributed by atoms with Crippen molar-refractivity contribution in [2.45, 2.75) is 6.92 Å². The van der Waals surface area contributed by atoms with Gasteiger partial charge in [-0.25, -0.2) is 0 Å². The molecule has 0 spiro atoms. The molecule has 0 bridgehead atoms. The fraction of sp³-hybridized carbons (Fsp3) is 0.105. The van der Waals surface area contributed by atoms with Crippen molar-refractivity contribution in [1.29, 1.82) is 0 Å². The first kappa shape index (κ1) is 15.8. The first-order chi connectivity index (χ1) is 12.1. The topological polar surface area (TPSA) is 62.8 Å². The van der Waals surface area contributed by atoms with E-state index in [1.807, 2.05) is 49.4 Å². The molecule has 0 atom stereocenters. The molecule has 0 saturated heterocycles. The number of benzene rings is 2. The van der Waals surface area contributed by atoms with E-state index in [-0.39, 0.29) is 5.88 Å². The standard InChI is InChI=1S/C19H15BrN4O/c1-11-9-13-17(19(25)24(2)18(13)14(20)10-11)23-22-15-7-3-5-12-6-4-8-21-16(12)15/h3-10,25H,1-2H3.